The summed E-state index contributed by atoms with van der Waals surface area (Å²) < 4.78 is 0. The van der Waals surface area contributed by atoms with Crippen molar-refractivity contribution < 1.29 is 9.90 Å². The summed E-state index contributed by atoms with van der Waals surface area (Å²) in [5.41, 5.74) is 2.27. The molecule has 1 amide bonds. The van der Waals surface area contributed by atoms with Crippen LogP contribution in [0.4, 0.5) is 0 Å². The maximum atomic E-state index is 12.7. The van der Waals surface area contributed by atoms with E-state index in [0.29, 0.717) is 12.8 Å². The van der Waals surface area contributed by atoms with Gasteiger partial charge in [0.1, 0.15) is 0 Å². The first kappa shape index (κ1) is 16.0. The summed E-state index contributed by atoms with van der Waals surface area (Å²) in [6.07, 6.45) is 5.26. The predicted molar refractivity (Wildman–Crippen MR) is 85.1 cm³/mol. The molecule has 3 nitrogen and oxygen atoms in total. The van der Waals surface area contributed by atoms with Gasteiger partial charge in [0.05, 0.1) is 12.5 Å². The smallest absolute Gasteiger partial charge is 0.227 e. The molecule has 1 aliphatic heterocycles. The Morgan fingerprint density at radius 3 is 2.90 bits per heavy atom. The van der Waals surface area contributed by atoms with Gasteiger partial charge in [-0.3, -0.25) is 4.79 Å². The quantitative estimate of drug-likeness (QED) is 0.925. The van der Waals surface area contributed by atoms with Crippen molar-refractivity contribution in [2.45, 2.75) is 64.5 Å². The lowest BCUT2D eigenvalue weighted by atomic mass is 10.0. The van der Waals surface area contributed by atoms with Gasteiger partial charge in [-0.05, 0) is 38.7 Å². The lowest BCUT2D eigenvalue weighted by Gasteiger charge is -2.31. The van der Waals surface area contributed by atoms with Crippen molar-refractivity contribution in [2.24, 2.45) is 0 Å². The van der Waals surface area contributed by atoms with E-state index in [0.717, 1.165) is 31.4 Å². The summed E-state index contributed by atoms with van der Waals surface area (Å²) in [4.78, 5) is 14.7. The van der Waals surface area contributed by atoms with Crippen molar-refractivity contribution in [3.63, 3.8) is 0 Å². The van der Waals surface area contributed by atoms with E-state index >= 15 is 0 Å². The number of aliphatic hydroxyl groups excluding tert-OH is 1. The third kappa shape index (κ3) is 4.85. The maximum absolute atomic E-state index is 12.7. The predicted octanol–water partition coefficient (Wildman–Crippen LogP) is 3.08. The number of hydrogen-bond acceptors (Lipinski definition) is 2. The van der Waals surface area contributed by atoms with Gasteiger partial charge in [-0.25, -0.2) is 0 Å². The molecule has 2 atom stereocenters. The Balaban J connectivity index is 2.06. The minimum absolute atomic E-state index is 0.199. The van der Waals surface area contributed by atoms with E-state index in [-0.39, 0.29) is 18.1 Å². The van der Waals surface area contributed by atoms with Crippen LogP contribution in [0, 0.1) is 6.92 Å². The van der Waals surface area contributed by atoms with Crippen LogP contribution in [0.5, 0.6) is 0 Å². The molecule has 2 rings (SSSR count). The molecule has 1 N–H and O–H groups in total. The standard InChI is InChI=1S/C18H27NO2/c1-14-7-6-8-16(11-14)13-18(21)19-10-5-3-4-9-17(19)12-15(2)20/h6-8,11,15,17,20H,3-5,9-10,12-13H2,1-2H3. The van der Waals surface area contributed by atoms with Gasteiger partial charge in [-0.15, -0.1) is 0 Å². The molecule has 1 aromatic rings. The van der Waals surface area contributed by atoms with Gasteiger partial charge in [-0.1, -0.05) is 42.7 Å². The van der Waals surface area contributed by atoms with Crippen molar-refractivity contribution in [3.8, 4) is 0 Å². The van der Waals surface area contributed by atoms with E-state index in [1.807, 2.05) is 24.0 Å². The molecule has 2 unspecified atom stereocenters. The molecule has 0 aliphatic carbocycles. The Kier molecular flexibility index (Phi) is 5.80. The van der Waals surface area contributed by atoms with Crippen LogP contribution in [0.2, 0.25) is 0 Å². The number of rotatable bonds is 4. The van der Waals surface area contributed by atoms with Gasteiger partial charge in [0, 0.05) is 12.6 Å². The van der Waals surface area contributed by atoms with Gasteiger partial charge in [0.2, 0.25) is 5.91 Å². The first-order chi connectivity index (χ1) is 10.1. The molecule has 21 heavy (non-hydrogen) atoms. The fourth-order valence-electron chi connectivity index (χ4n) is 3.24. The number of carbonyl (C=O) groups excluding carboxylic acids is 1. The molecule has 0 bridgehead atoms. The van der Waals surface area contributed by atoms with Crippen LogP contribution in [-0.2, 0) is 11.2 Å². The Labute approximate surface area is 128 Å². The number of nitrogens with zero attached hydrogens (tertiary/aromatic N) is 1. The summed E-state index contributed by atoms with van der Waals surface area (Å²) in [7, 11) is 0. The summed E-state index contributed by atoms with van der Waals surface area (Å²) in [6.45, 7) is 4.70. The number of amides is 1. The largest absolute Gasteiger partial charge is 0.393 e. The van der Waals surface area contributed by atoms with E-state index in [1.54, 1.807) is 0 Å². The lowest BCUT2D eigenvalue weighted by Crippen LogP contribution is -2.42. The van der Waals surface area contributed by atoms with Crippen LogP contribution in [0.1, 0.15) is 50.2 Å². The Morgan fingerprint density at radius 2 is 2.19 bits per heavy atom. The summed E-state index contributed by atoms with van der Waals surface area (Å²) in [5.74, 6) is 0.202. The third-order valence-corrected chi connectivity index (χ3v) is 4.25. The fraction of sp³-hybridized carbons (Fsp3) is 0.611. The van der Waals surface area contributed by atoms with Crippen LogP contribution < -0.4 is 0 Å². The van der Waals surface area contributed by atoms with Crippen molar-refractivity contribution in [2.75, 3.05) is 6.54 Å². The molecule has 0 radical (unpaired) electrons. The lowest BCUT2D eigenvalue weighted by molar-refractivity contribution is -0.133. The topological polar surface area (TPSA) is 40.5 Å². The average molecular weight is 289 g/mol. The van der Waals surface area contributed by atoms with Crippen molar-refractivity contribution in [1.82, 2.24) is 4.90 Å². The van der Waals surface area contributed by atoms with Gasteiger partial charge < -0.3 is 10.0 Å². The number of hydrogen-bond donors (Lipinski definition) is 1. The van der Waals surface area contributed by atoms with E-state index in [2.05, 4.69) is 19.1 Å². The normalized spacial score (nSPS) is 20.9. The maximum Gasteiger partial charge on any atom is 0.227 e. The number of aryl methyl sites for hydroxylation is 1. The molecule has 1 fully saturated rings. The van der Waals surface area contributed by atoms with Crippen molar-refractivity contribution in [1.29, 1.82) is 0 Å². The molecular formula is C18H27NO2. The fourth-order valence-corrected chi connectivity index (χ4v) is 3.24. The SMILES string of the molecule is Cc1cccc(CC(=O)N2CCCCCC2CC(C)O)c1. The van der Waals surface area contributed by atoms with Crippen LogP contribution in [0.3, 0.4) is 0 Å². The monoisotopic (exact) mass is 289 g/mol. The highest BCUT2D eigenvalue weighted by molar-refractivity contribution is 5.79. The zero-order valence-corrected chi connectivity index (χ0v) is 13.2. The van der Waals surface area contributed by atoms with E-state index in [4.69, 9.17) is 0 Å². The van der Waals surface area contributed by atoms with Gasteiger partial charge in [0.25, 0.3) is 0 Å². The molecule has 0 aromatic heterocycles. The van der Waals surface area contributed by atoms with Gasteiger partial charge in [-0.2, -0.15) is 0 Å². The number of carbonyl (C=O) groups is 1. The zero-order valence-electron chi connectivity index (χ0n) is 13.2. The van der Waals surface area contributed by atoms with Crippen molar-refractivity contribution >= 4 is 5.91 Å². The van der Waals surface area contributed by atoms with Gasteiger partial charge >= 0.3 is 0 Å². The number of likely N-dealkylation sites (tertiary alicyclic amines) is 1. The molecule has 0 saturated carbocycles. The second kappa shape index (κ2) is 7.60. The molecule has 1 heterocycles. The Morgan fingerprint density at radius 1 is 1.38 bits per heavy atom. The Hall–Kier alpha value is -1.35. The van der Waals surface area contributed by atoms with Crippen LogP contribution in [-0.4, -0.2) is 34.6 Å². The number of aliphatic hydroxyl groups is 1. The van der Waals surface area contributed by atoms with Crippen molar-refractivity contribution in [3.05, 3.63) is 35.4 Å². The summed E-state index contributed by atoms with van der Waals surface area (Å²) >= 11 is 0. The van der Waals surface area contributed by atoms with Crippen LogP contribution in [0.25, 0.3) is 0 Å². The van der Waals surface area contributed by atoms with E-state index in [9.17, 15) is 9.90 Å². The molecule has 1 aromatic carbocycles. The summed E-state index contributed by atoms with van der Waals surface area (Å²) in [5, 5.41) is 9.68. The minimum Gasteiger partial charge on any atom is -0.393 e. The molecular weight excluding hydrogens is 262 g/mol. The second-order valence-corrected chi connectivity index (χ2v) is 6.34. The van der Waals surface area contributed by atoms with Crippen LogP contribution >= 0.6 is 0 Å². The molecule has 1 saturated heterocycles. The molecule has 3 heteroatoms. The highest BCUT2D eigenvalue weighted by Crippen LogP contribution is 2.21. The molecule has 1 aliphatic rings. The highest BCUT2D eigenvalue weighted by atomic mass is 16.3. The first-order valence-corrected chi connectivity index (χ1v) is 8.09. The molecule has 0 spiro atoms. The average Bonchev–Trinajstić information content (AvgIpc) is 2.63. The van der Waals surface area contributed by atoms with Crippen LogP contribution in [0.15, 0.2) is 24.3 Å². The minimum atomic E-state index is -0.345. The third-order valence-electron chi connectivity index (χ3n) is 4.25. The second-order valence-electron chi connectivity index (χ2n) is 6.34. The van der Waals surface area contributed by atoms with Gasteiger partial charge in [0.15, 0.2) is 0 Å². The summed E-state index contributed by atoms with van der Waals surface area (Å²) in [6, 6.07) is 8.36. The Bertz CT molecular complexity index is 470. The number of benzene rings is 1. The van der Waals surface area contributed by atoms with E-state index < -0.39 is 0 Å². The highest BCUT2D eigenvalue weighted by Gasteiger charge is 2.26. The zero-order chi connectivity index (χ0) is 15.2. The molecule has 116 valence electrons. The first-order valence-electron chi connectivity index (χ1n) is 8.09. The van der Waals surface area contributed by atoms with E-state index in [1.165, 1.54) is 12.0 Å².